The molecule has 6 nitrogen and oxygen atoms in total. The maximum Gasteiger partial charge on any atom is 0.258 e. The summed E-state index contributed by atoms with van der Waals surface area (Å²) in [5.41, 5.74) is 3.10. The summed E-state index contributed by atoms with van der Waals surface area (Å²) in [7, 11) is -3.49. The van der Waals surface area contributed by atoms with Crippen LogP contribution in [0.1, 0.15) is 43.5 Å². The van der Waals surface area contributed by atoms with Crippen molar-refractivity contribution < 1.29 is 17.9 Å². The lowest BCUT2D eigenvalue weighted by molar-refractivity contribution is -0.123. The number of carbonyl (C=O) groups is 1. The van der Waals surface area contributed by atoms with Crippen molar-refractivity contribution in [1.29, 1.82) is 0 Å². The van der Waals surface area contributed by atoms with Crippen LogP contribution in [0.15, 0.2) is 47.4 Å². The lowest BCUT2D eigenvalue weighted by atomic mass is 10.1. The molecule has 0 aliphatic heterocycles. The number of rotatable bonds is 9. The van der Waals surface area contributed by atoms with Gasteiger partial charge in [-0.25, -0.2) is 8.42 Å². The standard InChI is InChI=1S/C22H30N2O4S/c1-6-24(7-2)29(26,27)21-12-9-19(10-13-21)18(5)23-22(25)15-28-20-11-8-16(3)17(4)14-20/h8-14,18H,6-7,15H2,1-5H3,(H,23,25). The zero-order chi connectivity index (χ0) is 21.6. The van der Waals surface area contributed by atoms with E-state index >= 15 is 0 Å². The second-order valence-electron chi connectivity index (χ2n) is 6.98. The normalized spacial score (nSPS) is 12.6. The van der Waals surface area contributed by atoms with Gasteiger partial charge in [0, 0.05) is 13.1 Å². The molecule has 2 aromatic rings. The van der Waals surface area contributed by atoms with E-state index in [2.05, 4.69) is 5.32 Å². The van der Waals surface area contributed by atoms with Crippen LogP contribution in [0.5, 0.6) is 5.75 Å². The van der Waals surface area contributed by atoms with Gasteiger partial charge < -0.3 is 10.1 Å². The maximum atomic E-state index is 12.6. The van der Waals surface area contributed by atoms with Gasteiger partial charge in [0.25, 0.3) is 5.91 Å². The molecular weight excluding hydrogens is 388 g/mol. The molecule has 1 unspecified atom stereocenters. The summed E-state index contributed by atoms with van der Waals surface area (Å²) in [5.74, 6) is 0.414. The van der Waals surface area contributed by atoms with E-state index in [1.165, 1.54) is 9.87 Å². The van der Waals surface area contributed by atoms with Crippen LogP contribution in [0, 0.1) is 13.8 Å². The summed E-state index contributed by atoms with van der Waals surface area (Å²) in [6.45, 7) is 10.3. The van der Waals surface area contributed by atoms with E-state index < -0.39 is 10.0 Å². The van der Waals surface area contributed by atoms with E-state index in [1.54, 1.807) is 24.3 Å². The molecular formula is C22H30N2O4S. The molecule has 1 N–H and O–H groups in total. The molecule has 0 saturated heterocycles. The van der Waals surface area contributed by atoms with Crippen molar-refractivity contribution in [2.24, 2.45) is 0 Å². The zero-order valence-corrected chi connectivity index (χ0v) is 18.5. The fraction of sp³-hybridized carbons (Fsp3) is 0.409. The number of amides is 1. The molecule has 0 saturated carbocycles. The Morgan fingerprint density at radius 2 is 1.66 bits per heavy atom. The van der Waals surface area contributed by atoms with Gasteiger partial charge in [-0.2, -0.15) is 4.31 Å². The van der Waals surface area contributed by atoms with Crippen molar-refractivity contribution in [3.63, 3.8) is 0 Å². The molecule has 2 aromatic carbocycles. The van der Waals surface area contributed by atoms with Crippen LogP contribution < -0.4 is 10.1 Å². The second kappa shape index (κ2) is 9.89. The summed E-state index contributed by atoms with van der Waals surface area (Å²) < 4.78 is 32.1. The molecule has 0 heterocycles. The predicted molar refractivity (Wildman–Crippen MR) is 115 cm³/mol. The number of sulfonamides is 1. The summed E-state index contributed by atoms with van der Waals surface area (Å²) in [6, 6.07) is 12.1. The number of ether oxygens (including phenoxy) is 1. The molecule has 0 aliphatic rings. The van der Waals surface area contributed by atoms with Crippen LogP contribution in [-0.4, -0.2) is 38.3 Å². The van der Waals surface area contributed by atoms with Gasteiger partial charge in [-0.1, -0.05) is 32.0 Å². The van der Waals surface area contributed by atoms with E-state index in [4.69, 9.17) is 4.74 Å². The maximum absolute atomic E-state index is 12.6. The molecule has 29 heavy (non-hydrogen) atoms. The van der Waals surface area contributed by atoms with Gasteiger partial charge in [-0.05, 0) is 61.7 Å². The van der Waals surface area contributed by atoms with Gasteiger partial charge in [0.05, 0.1) is 10.9 Å². The van der Waals surface area contributed by atoms with Crippen LogP contribution in [0.4, 0.5) is 0 Å². The predicted octanol–water partition coefficient (Wildman–Crippen LogP) is 3.59. The average Bonchev–Trinajstić information content (AvgIpc) is 2.69. The minimum atomic E-state index is -3.49. The lowest BCUT2D eigenvalue weighted by Gasteiger charge is -2.19. The first kappa shape index (κ1) is 22.9. The smallest absolute Gasteiger partial charge is 0.258 e. The molecule has 1 atom stereocenters. The molecule has 0 aliphatic carbocycles. The van der Waals surface area contributed by atoms with Crippen molar-refractivity contribution in [3.8, 4) is 5.75 Å². The molecule has 0 bridgehead atoms. The Morgan fingerprint density at radius 1 is 1.03 bits per heavy atom. The van der Waals surface area contributed by atoms with E-state index in [9.17, 15) is 13.2 Å². The third-order valence-corrected chi connectivity index (χ3v) is 7.01. The van der Waals surface area contributed by atoms with Crippen molar-refractivity contribution in [2.45, 2.75) is 45.6 Å². The zero-order valence-electron chi connectivity index (χ0n) is 17.7. The monoisotopic (exact) mass is 418 g/mol. The third kappa shape index (κ3) is 5.81. The Bertz CT molecular complexity index is 936. The number of carbonyl (C=O) groups excluding carboxylic acids is 1. The minimum Gasteiger partial charge on any atom is -0.484 e. The molecule has 2 rings (SSSR count). The van der Waals surface area contributed by atoms with Crippen LogP contribution in [0.2, 0.25) is 0 Å². The summed E-state index contributed by atoms with van der Waals surface area (Å²) in [4.78, 5) is 12.5. The first-order valence-electron chi connectivity index (χ1n) is 9.78. The second-order valence-corrected chi connectivity index (χ2v) is 8.92. The van der Waals surface area contributed by atoms with Crippen LogP contribution in [0.3, 0.4) is 0 Å². The molecule has 0 radical (unpaired) electrons. The Morgan fingerprint density at radius 3 is 2.21 bits per heavy atom. The Balaban J connectivity index is 1.97. The summed E-state index contributed by atoms with van der Waals surface area (Å²) in [5, 5.41) is 2.87. The van der Waals surface area contributed by atoms with Gasteiger partial charge in [0.15, 0.2) is 6.61 Å². The third-order valence-electron chi connectivity index (χ3n) is 4.95. The fourth-order valence-electron chi connectivity index (χ4n) is 2.96. The van der Waals surface area contributed by atoms with Gasteiger partial charge in [0.2, 0.25) is 10.0 Å². The van der Waals surface area contributed by atoms with E-state index in [0.717, 1.165) is 11.1 Å². The SMILES string of the molecule is CCN(CC)S(=O)(=O)c1ccc(C(C)NC(=O)COc2ccc(C)c(C)c2)cc1. The number of hydrogen-bond acceptors (Lipinski definition) is 4. The van der Waals surface area contributed by atoms with E-state index in [-0.39, 0.29) is 23.5 Å². The fourth-order valence-corrected chi connectivity index (χ4v) is 4.42. The Kier molecular flexibility index (Phi) is 7.81. The number of nitrogens with one attached hydrogen (secondary N) is 1. The number of nitrogens with zero attached hydrogens (tertiary/aromatic N) is 1. The van der Waals surface area contributed by atoms with Crippen molar-refractivity contribution in [2.75, 3.05) is 19.7 Å². The molecule has 0 fully saturated rings. The van der Waals surface area contributed by atoms with Gasteiger partial charge in [0.1, 0.15) is 5.75 Å². The van der Waals surface area contributed by atoms with Crippen LogP contribution in [0.25, 0.3) is 0 Å². The number of benzene rings is 2. The van der Waals surface area contributed by atoms with E-state index in [1.807, 2.05) is 52.8 Å². The number of hydrogen-bond donors (Lipinski definition) is 1. The molecule has 158 valence electrons. The Labute approximate surface area is 173 Å². The summed E-state index contributed by atoms with van der Waals surface area (Å²) >= 11 is 0. The minimum absolute atomic E-state index is 0.0821. The Hall–Kier alpha value is -2.38. The summed E-state index contributed by atoms with van der Waals surface area (Å²) in [6.07, 6.45) is 0. The van der Waals surface area contributed by atoms with Crippen molar-refractivity contribution in [3.05, 3.63) is 59.2 Å². The first-order valence-corrected chi connectivity index (χ1v) is 11.2. The number of aryl methyl sites for hydroxylation is 2. The topological polar surface area (TPSA) is 75.7 Å². The van der Waals surface area contributed by atoms with Crippen molar-refractivity contribution >= 4 is 15.9 Å². The lowest BCUT2D eigenvalue weighted by Crippen LogP contribution is -2.31. The average molecular weight is 419 g/mol. The molecule has 7 heteroatoms. The van der Waals surface area contributed by atoms with Gasteiger partial charge >= 0.3 is 0 Å². The molecule has 0 spiro atoms. The highest BCUT2D eigenvalue weighted by Crippen LogP contribution is 2.20. The quantitative estimate of drug-likeness (QED) is 0.675. The van der Waals surface area contributed by atoms with Crippen molar-refractivity contribution in [1.82, 2.24) is 9.62 Å². The van der Waals surface area contributed by atoms with Crippen LogP contribution in [-0.2, 0) is 14.8 Å². The van der Waals surface area contributed by atoms with Gasteiger partial charge in [-0.15, -0.1) is 0 Å². The highest BCUT2D eigenvalue weighted by atomic mass is 32.2. The van der Waals surface area contributed by atoms with E-state index in [0.29, 0.717) is 18.8 Å². The molecule has 0 aromatic heterocycles. The molecule has 1 amide bonds. The highest BCUT2D eigenvalue weighted by Gasteiger charge is 2.21. The first-order chi connectivity index (χ1) is 13.7. The largest absolute Gasteiger partial charge is 0.484 e. The van der Waals surface area contributed by atoms with Gasteiger partial charge in [-0.3, -0.25) is 4.79 Å². The van der Waals surface area contributed by atoms with Crippen LogP contribution >= 0.6 is 0 Å². The highest BCUT2D eigenvalue weighted by molar-refractivity contribution is 7.89.